The number of aryl methyl sites for hydroxylation is 1. The SMILES string of the molecule is Cc1ccccc1-c1noc(CSc2nc3ccsc3c(=O)n2C)n1. The van der Waals surface area contributed by atoms with Gasteiger partial charge in [0.05, 0.1) is 11.3 Å². The van der Waals surface area contributed by atoms with E-state index in [9.17, 15) is 4.79 Å². The maximum Gasteiger partial charge on any atom is 0.271 e. The lowest BCUT2D eigenvalue weighted by molar-refractivity contribution is 0.391. The van der Waals surface area contributed by atoms with Crippen LogP contribution in [0.15, 0.2) is 50.2 Å². The summed E-state index contributed by atoms with van der Waals surface area (Å²) in [6.45, 7) is 2.01. The normalized spacial score (nSPS) is 11.3. The lowest BCUT2D eigenvalue weighted by Crippen LogP contribution is -2.18. The van der Waals surface area contributed by atoms with Gasteiger partial charge < -0.3 is 4.52 Å². The largest absolute Gasteiger partial charge is 0.338 e. The molecule has 3 aromatic heterocycles. The van der Waals surface area contributed by atoms with Crippen molar-refractivity contribution in [3.8, 4) is 11.4 Å². The highest BCUT2D eigenvalue weighted by atomic mass is 32.2. The van der Waals surface area contributed by atoms with E-state index in [1.54, 1.807) is 11.6 Å². The number of hydrogen-bond donors (Lipinski definition) is 0. The fourth-order valence-electron chi connectivity index (χ4n) is 2.47. The summed E-state index contributed by atoms with van der Waals surface area (Å²) in [6.07, 6.45) is 0. The van der Waals surface area contributed by atoms with Gasteiger partial charge in [0, 0.05) is 12.6 Å². The van der Waals surface area contributed by atoms with Crippen LogP contribution in [0.25, 0.3) is 21.6 Å². The molecule has 6 nitrogen and oxygen atoms in total. The van der Waals surface area contributed by atoms with Crippen molar-refractivity contribution in [2.45, 2.75) is 17.8 Å². The maximum absolute atomic E-state index is 12.3. The summed E-state index contributed by atoms with van der Waals surface area (Å²) < 4.78 is 7.57. The van der Waals surface area contributed by atoms with E-state index in [0.717, 1.165) is 16.6 Å². The van der Waals surface area contributed by atoms with Crippen molar-refractivity contribution in [3.05, 3.63) is 57.5 Å². The molecule has 126 valence electrons. The number of rotatable bonds is 4. The van der Waals surface area contributed by atoms with Crippen LogP contribution < -0.4 is 5.56 Å². The summed E-state index contributed by atoms with van der Waals surface area (Å²) in [5.74, 6) is 1.53. The molecular formula is C17H14N4O2S2. The van der Waals surface area contributed by atoms with Gasteiger partial charge in [0.2, 0.25) is 11.7 Å². The molecule has 0 bridgehead atoms. The molecule has 3 heterocycles. The quantitative estimate of drug-likeness (QED) is 0.403. The predicted molar refractivity (Wildman–Crippen MR) is 98.9 cm³/mol. The number of thioether (sulfide) groups is 1. The van der Waals surface area contributed by atoms with Gasteiger partial charge in [0.1, 0.15) is 4.70 Å². The number of nitrogens with zero attached hydrogens (tertiary/aromatic N) is 4. The average molecular weight is 370 g/mol. The van der Waals surface area contributed by atoms with Crippen molar-refractivity contribution >= 4 is 33.3 Å². The highest BCUT2D eigenvalue weighted by Gasteiger charge is 2.14. The number of benzene rings is 1. The Morgan fingerprint density at radius 3 is 2.92 bits per heavy atom. The van der Waals surface area contributed by atoms with Crippen LogP contribution in [0.3, 0.4) is 0 Å². The van der Waals surface area contributed by atoms with Gasteiger partial charge in [-0.3, -0.25) is 9.36 Å². The van der Waals surface area contributed by atoms with Gasteiger partial charge in [-0.1, -0.05) is 41.2 Å². The Morgan fingerprint density at radius 1 is 1.24 bits per heavy atom. The van der Waals surface area contributed by atoms with Crippen molar-refractivity contribution in [3.63, 3.8) is 0 Å². The van der Waals surface area contributed by atoms with Crippen LogP contribution in [0, 0.1) is 6.92 Å². The molecule has 0 aliphatic rings. The van der Waals surface area contributed by atoms with Crippen LogP contribution in [0.4, 0.5) is 0 Å². The smallest absolute Gasteiger partial charge is 0.271 e. The first-order chi connectivity index (χ1) is 12.1. The second-order valence-electron chi connectivity index (χ2n) is 5.51. The Hall–Kier alpha value is -2.45. The van der Waals surface area contributed by atoms with Gasteiger partial charge in [0.25, 0.3) is 5.56 Å². The van der Waals surface area contributed by atoms with Gasteiger partial charge in [-0.25, -0.2) is 4.98 Å². The molecule has 8 heteroatoms. The number of fused-ring (bicyclic) bond motifs is 1. The molecule has 0 unspecified atom stereocenters. The Bertz CT molecular complexity index is 1110. The molecule has 0 saturated carbocycles. The van der Waals surface area contributed by atoms with Gasteiger partial charge >= 0.3 is 0 Å². The first-order valence-corrected chi connectivity index (χ1v) is 9.45. The van der Waals surface area contributed by atoms with Crippen LogP contribution in [0.1, 0.15) is 11.5 Å². The van der Waals surface area contributed by atoms with Crippen LogP contribution in [-0.4, -0.2) is 19.7 Å². The third-order valence-electron chi connectivity index (χ3n) is 3.83. The molecule has 0 spiro atoms. The van der Waals surface area contributed by atoms with E-state index in [0.29, 0.717) is 27.3 Å². The monoisotopic (exact) mass is 370 g/mol. The molecule has 4 rings (SSSR count). The lowest BCUT2D eigenvalue weighted by Gasteiger charge is -2.05. The Balaban J connectivity index is 1.58. The van der Waals surface area contributed by atoms with Crippen LogP contribution in [0.2, 0.25) is 0 Å². The summed E-state index contributed by atoms with van der Waals surface area (Å²) in [5.41, 5.74) is 2.73. The molecule has 0 saturated heterocycles. The molecule has 4 aromatic rings. The van der Waals surface area contributed by atoms with Crippen molar-refractivity contribution in [2.24, 2.45) is 7.05 Å². The predicted octanol–water partition coefficient (Wildman–Crippen LogP) is 3.65. The Labute approximate surface area is 151 Å². The summed E-state index contributed by atoms with van der Waals surface area (Å²) in [6, 6.07) is 9.75. The minimum atomic E-state index is -0.0337. The lowest BCUT2D eigenvalue weighted by atomic mass is 10.1. The van der Waals surface area contributed by atoms with E-state index in [-0.39, 0.29) is 5.56 Å². The van der Waals surface area contributed by atoms with Gasteiger partial charge in [-0.2, -0.15) is 4.98 Å². The van der Waals surface area contributed by atoms with E-state index < -0.39 is 0 Å². The minimum absolute atomic E-state index is 0.0337. The molecule has 0 amide bonds. The number of thiophene rings is 1. The number of hydrogen-bond acceptors (Lipinski definition) is 7. The molecule has 0 N–H and O–H groups in total. The van der Waals surface area contributed by atoms with Gasteiger partial charge in [0.15, 0.2) is 5.16 Å². The summed E-state index contributed by atoms with van der Waals surface area (Å²) >= 11 is 2.81. The molecule has 0 atom stereocenters. The molecule has 0 fully saturated rings. The number of aromatic nitrogens is 4. The first kappa shape index (κ1) is 16.0. The third kappa shape index (κ3) is 2.98. The molecule has 0 aliphatic carbocycles. The first-order valence-electron chi connectivity index (χ1n) is 7.59. The van der Waals surface area contributed by atoms with E-state index in [1.807, 2.05) is 42.6 Å². The van der Waals surface area contributed by atoms with E-state index in [4.69, 9.17) is 4.52 Å². The minimum Gasteiger partial charge on any atom is -0.338 e. The Kier molecular flexibility index (Phi) is 4.14. The topological polar surface area (TPSA) is 73.8 Å². The molecular weight excluding hydrogens is 356 g/mol. The van der Waals surface area contributed by atoms with E-state index >= 15 is 0 Å². The second-order valence-corrected chi connectivity index (χ2v) is 7.37. The summed E-state index contributed by atoms with van der Waals surface area (Å²) in [4.78, 5) is 21.3. The summed E-state index contributed by atoms with van der Waals surface area (Å²) in [5, 5.41) is 6.56. The highest BCUT2D eigenvalue weighted by molar-refractivity contribution is 7.98. The van der Waals surface area contributed by atoms with Gasteiger partial charge in [-0.15, -0.1) is 11.3 Å². The zero-order chi connectivity index (χ0) is 17.4. The zero-order valence-corrected chi connectivity index (χ0v) is 15.2. The van der Waals surface area contributed by atoms with Crippen LogP contribution in [-0.2, 0) is 12.8 Å². The average Bonchev–Trinajstić information content (AvgIpc) is 3.26. The zero-order valence-electron chi connectivity index (χ0n) is 13.6. The van der Waals surface area contributed by atoms with Crippen LogP contribution >= 0.6 is 23.1 Å². The standard InChI is InChI=1S/C17H14N4O2S2/c1-10-5-3-4-6-11(10)15-19-13(23-20-15)9-25-17-18-12-7-8-24-14(12)16(22)21(17)2/h3-8H,9H2,1-2H3. The molecule has 0 radical (unpaired) electrons. The summed E-state index contributed by atoms with van der Waals surface area (Å²) in [7, 11) is 1.73. The maximum atomic E-state index is 12.3. The molecule has 25 heavy (non-hydrogen) atoms. The van der Waals surface area contributed by atoms with Crippen molar-refractivity contribution in [1.82, 2.24) is 19.7 Å². The fourth-order valence-corrected chi connectivity index (χ4v) is 4.08. The van der Waals surface area contributed by atoms with Gasteiger partial charge in [-0.05, 0) is 23.9 Å². The Morgan fingerprint density at radius 2 is 2.08 bits per heavy atom. The molecule has 1 aromatic carbocycles. The highest BCUT2D eigenvalue weighted by Crippen LogP contribution is 2.25. The van der Waals surface area contributed by atoms with Crippen molar-refractivity contribution in [2.75, 3.05) is 0 Å². The van der Waals surface area contributed by atoms with E-state index in [1.165, 1.54) is 23.1 Å². The fraction of sp³-hybridized carbons (Fsp3) is 0.176. The van der Waals surface area contributed by atoms with Crippen molar-refractivity contribution in [1.29, 1.82) is 0 Å². The third-order valence-corrected chi connectivity index (χ3v) is 5.73. The van der Waals surface area contributed by atoms with Crippen molar-refractivity contribution < 1.29 is 4.52 Å². The second kappa shape index (κ2) is 6.45. The van der Waals surface area contributed by atoms with E-state index in [2.05, 4.69) is 15.1 Å². The van der Waals surface area contributed by atoms with Crippen LogP contribution in [0.5, 0.6) is 0 Å². The molecule has 0 aliphatic heterocycles.